The topological polar surface area (TPSA) is 21.3 Å². The average Bonchev–Trinajstić information content (AvgIpc) is 2.23. The van der Waals surface area contributed by atoms with Gasteiger partial charge < -0.3 is 10.1 Å². The quantitative estimate of drug-likeness (QED) is 0.823. The van der Waals surface area contributed by atoms with E-state index in [2.05, 4.69) is 32.2 Å². The maximum Gasteiger partial charge on any atom is 0.125 e. The maximum atomic E-state index is 6.32. The van der Waals surface area contributed by atoms with Gasteiger partial charge in [0, 0.05) is 23.0 Å². The normalized spacial score (nSPS) is 21.9. The third-order valence-electron chi connectivity index (χ3n) is 3.47. The van der Waals surface area contributed by atoms with Crippen molar-refractivity contribution in [3.05, 3.63) is 27.8 Å². The Bertz CT molecular complexity index is 454. The molecular formula is C14H20ClNO. The Morgan fingerprint density at radius 1 is 1.41 bits per heavy atom. The highest BCUT2D eigenvalue weighted by Crippen LogP contribution is 2.44. The first-order valence-electron chi connectivity index (χ1n) is 6.01. The fourth-order valence-corrected chi connectivity index (χ4v) is 2.79. The zero-order chi connectivity index (χ0) is 12.8. The summed E-state index contributed by atoms with van der Waals surface area (Å²) in [6.07, 6.45) is 0.955. The second-order valence-corrected chi connectivity index (χ2v) is 5.83. The minimum Gasteiger partial charge on any atom is -0.487 e. The summed E-state index contributed by atoms with van der Waals surface area (Å²) in [6.45, 7) is 8.34. The highest BCUT2D eigenvalue weighted by Gasteiger charge is 2.34. The molecule has 3 heteroatoms. The second kappa shape index (κ2) is 4.18. The second-order valence-electron chi connectivity index (χ2n) is 5.45. The van der Waals surface area contributed by atoms with E-state index in [0.717, 1.165) is 28.3 Å². The SMILES string of the molecule is CNC1CC(C)(C)Oc2cc(C)c(Cl)c(C)c21. The number of hydrogen-bond acceptors (Lipinski definition) is 2. The molecule has 0 fully saturated rings. The lowest BCUT2D eigenvalue weighted by molar-refractivity contribution is 0.0672. The van der Waals surface area contributed by atoms with Gasteiger partial charge in [-0.1, -0.05) is 11.6 Å². The molecule has 2 nitrogen and oxygen atoms in total. The van der Waals surface area contributed by atoms with Gasteiger partial charge in [0.1, 0.15) is 11.4 Å². The van der Waals surface area contributed by atoms with Gasteiger partial charge >= 0.3 is 0 Å². The van der Waals surface area contributed by atoms with Crippen molar-refractivity contribution in [3.8, 4) is 5.75 Å². The number of rotatable bonds is 1. The van der Waals surface area contributed by atoms with Crippen molar-refractivity contribution in [1.82, 2.24) is 5.32 Å². The average molecular weight is 254 g/mol. The van der Waals surface area contributed by atoms with Crippen LogP contribution in [0.15, 0.2) is 6.07 Å². The molecule has 2 rings (SSSR count). The maximum absolute atomic E-state index is 6.32. The van der Waals surface area contributed by atoms with Crippen LogP contribution < -0.4 is 10.1 Å². The first-order chi connectivity index (χ1) is 7.85. The zero-order valence-corrected chi connectivity index (χ0v) is 11.9. The molecule has 0 aromatic heterocycles. The molecule has 0 aliphatic carbocycles. The van der Waals surface area contributed by atoms with Crippen molar-refractivity contribution in [1.29, 1.82) is 0 Å². The van der Waals surface area contributed by atoms with Crippen molar-refractivity contribution in [2.75, 3.05) is 7.05 Å². The van der Waals surface area contributed by atoms with Crippen LogP contribution in [0, 0.1) is 13.8 Å². The molecule has 1 N–H and O–H groups in total. The fraction of sp³-hybridized carbons (Fsp3) is 0.571. The summed E-state index contributed by atoms with van der Waals surface area (Å²) < 4.78 is 6.07. The molecule has 1 unspecified atom stereocenters. The number of benzene rings is 1. The molecule has 0 amide bonds. The Hall–Kier alpha value is -0.730. The molecular weight excluding hydrogens is 234 g/mol. The van der Waals surface area contributed by atoms with Crippen LogP contribution in [0.25, 0.3) is 0 Å². The lowest BCUT2D eigenvalue weighted by Gasteiger charge is -2.38. The Kier molecular flexibility index (Phi) is 3.13. The van der Waals surface area contributed by atoms with Crippen LogP contribution >= 0.6 is 11.6 Å². The first-order valence-corrected chi connectivity index (χ1v) is 6.39. The van der Waals surface area contributed by atoms with Gasteiger partial charge in [-0.05, 0) is 51.9 Å². The summed E-state index contributed by atoms with van der Waals surface area (Å²) in [5.74, 6) is 0.972. The van der Waals surface area contributed by atoms with E-state index < -0.39 is 0 Å². The lowest BCUT2D eigenvalue weighted by atomic mass is 9.87. The van der Waals surface area contributed by atoms with E-state index in [1.165, 1.54) is 5.56 Å². The number of nitrogens with one attached hydrogen (secondary N) is 1. The molecule has 1 aromatic rings. The first kappa shape index (κ1) is 12.7. The minimum atomic E-state index is -0.132. The van der Waals surface area contributed by atoms with Gasteiger partial charge in [0.25, 0.3) is 0 Å². The van der Waals surface area contributed by atoms with Crippen LogP contribution in [-0.2, 0) is 0 Å². The van der Waals surface area contributed by atoms with E-state index in [1.807, 2.05) is 14.0 Å². The number of ether oxygens (including phenoxy) is 1. The van der Waals surface area contributed by atoms with Crippen molar-refractivity contribution < 1.29 is 4.74 Å². The summed E-state index contributed by atoms with van der Waals surface area (Å²) >= 11 is 6.32. The predicted octanol–water partition coefficient (Wildman–Crippen LogP) is 3.78. The van der Waals surface area contributed by atoms with Crippen LogP contribution in [0.4, 0.5) is 0 Å². The number of aryl methyl sites for hydroxylation is 1. The van der Waals surface area contributed by atoms with Crippen LogP contribution in [0.1, 0.15) is 43.0 Å². The molecule has 1 aliphatic rings. The van der Waals surface area contributed by atoms with Crippen LogP contribution in [0.2, 0.25) is 5.02 Å². The molecule has 1 heterocycles. The Balaban J connectivity index is 2.61. The number of hydrogen-bond donors (Lipinski definition) is 1. The van der Waals surface area contributed by atoms with E-state index in [1.54, 1.807) is 0 Å². The largest absolute Gasteiger partial charge is 0.487 e. The smallest absolute Gasteiger partial charge is 0.125 e. The van der Waals surface area contributed by atoms with Crippen molar-refractivity contribution in [2.45, 2.75) is 45.8 Å². The van der Waals surface area contributed by atoms with E-state index in [4.69, 9.17) is 16.3 Å². The van der Waals surface area contributed by atoms with Gasteiger partial charge in [0.2, 0.25) is 0 Å². The fourth-order valence-electron chi connectivity index (χ4n) is 2.63. The van der Waals surface area contributed by atoms with Crippen molar-refractivity contribution >= 4 is 11.6 Å². The van der Waals surface area contributed by atoms with Gasteiger partial charge in [-0.15, -0.1) is 0 Å². The Morgan fingerprint density at radius 2 is 2.06 bits per heavy atom. The highest BCUT2D eigenvalue weighted by atomic mass is 35.5. The van der Waals surface area contributed by atoms with Gasteiger partial charge in [0.05, 0.1) is 0 Å². The molecule has 0 spiro atoms. The number of halogens is 1. The standard InChI is InChI=1S/C14H20ClNO/c1-8-6-11-12(9(2)13(8)15)10(16-5)7-14(3,4)17-11/h6,10,16H,7H2,1-5H3. The lowest BCUT2D eigenvalue weighted by Crippen LogP contribution is -2.39. The molecule has 0 bridgehead atoms. The van der Waals surface area contributed by atoms with Crippen LogP contribution in [0.3, 0.4) is 0 Å². The van der Waals surface area contributed by atoms with E-state index >= 15 is 0 Å². The summed E-state index contributed by atoms with van der Waals surface area (Å²) in [5, 5.41) is 4.22. The van der Waals surface area contributed by atoms with Crippen LogP contribution in [0.5, 0.6) is 5.75 Å². The van der Waals surface area contributed by atoms with Crippen LogP contribution in [-0.4, -0.2) is 12.6 Å². The van der Waals surface area contributed by atoms with Gasteiger partial charge in [0.15, 0.2) is 0 Å². The minimum absolute atomic E-state index is 0.132. The molecule has 94 valence electrons. The Morgan fingerprint density at radius 3 is 2.65 bits per heavy atom. The molecule has 1 aliphatic heterocycles. The summed E-state index contributed by atoms with van der Waals surface area (Å²) in [7, 11) is 1.99. The molecule has 0 radical (unpaired) electrons. The third kappa shape index (κ3) is 2.16. The van der Waals surface area contributed by atoms with Crippen molar-refractivity contribution in [2.24, 2.45) is 0 Å². The van der Waals surface area contributed by atoms with Crippen molar-refractivity contribution in [3.63, 3.8) is 0 Å². The summed E-state index contributed by atoms with van der Waals surface area (Å²) in [6, 6.07) is 2.36. The molecule has 1 aromatic carbocycles. The van der Waals surface area contributed by atoms with Gasteiger partial charge in [-0.25, -0.2) is 0 Å². The molecule has 0 saturated carbocycles. The molecule has 1 atom stereocenters. The van der Waals surface area contributed by atoms with Gasteiger partial charge in [-0.3, -0.25) is 0 Å². The summed E-state index contributed by atoms with van der Waals surface area (Å²) in [5.41, 5.74) is 3.29. The van der Waals surface area contributed by atoms with E-state index in [9.17, 15) is 0 Å². The monoisotopic (exact) mass is 253 g/mol. The predicted molar refractivity (Wildman–Crippen MR) is 72.1 cm³/mol. The van der Waals surface area contributed by atoms with E-state index in [0.29, 0.717) is 6.04 Å². The molecule has 0 saturated heterocycles. The molecule has 17 heavy (non-hydrogen) atoms. The van der Waals surface area contributed by atoms with Gasteiger partial charge in [-0.2, -0.15) is 0 Å². The zero-order valence-electron chi connectivity index (χ0n) is 11.1. The highest BCUT2D eigenvalue weighted by molar-refractivity contribution is 6.32. The van der Waals surface area contributed by atoms with E-state index in [-0.39, 0.29) is 5.60 Å². The number of fused-ring (bicyclic) bond motifs is 1. The third-order valence-corrected chi connectivity index (χ3v) is 4.05. The summed E-state index contributed by atoms with van der Waals surface area (Å²) in [4.78, 5) is 0. The Labute approximate surface area is 108 Å².